The second-order valence-electron chi connectivity index (χ2n) is 3.45. The summed E-state index contributed by atoms with van der Waals surface area (Å²) in [5, 5.41) is 8.25. The Labute approximate surface area is 112 Å². The van der Waals surface area contributed by atoms with Crippen LogP contribution in [0.3, 0.4) is 0 Å². The molecule has 0 atom stereocenters. The van der Waals surface area contributed by atoms with E-state index in [4.69, 9.17) is 11.6 Å². The van der Waals surface area contributed by atoms with Gasteiger partial charge in [0.15, 0.2) is 5.82 Å². The van der Waals surface area contributed by atoms with Gasteiger partial charge in [-0.2, -0.15) is 4.98 Å². The third kappa shape index (κ3) is 3.21. The van der Waals surface area contributed by atoms with E-state index in [9.17, 15) is 4.79 Å². The first kappa shape index (κ1) is 12.8. The molecule has 8 heteroatoms. The molecule has 2 heterocycles. The molecule has 0 amide bonds. The molecule has 0 bridgehead atoms. The van der Waals surface area contributed by atoms with Crippen LogP contribution in [0.5, 0.6) is 0 Å². The zero-order valence-electron chi connectivity index (χ0n) is 9.66. The van der Waals surface area contributed by atoms with Crippen molar-refractivity contribution in [3.05, 3.63) is 32.0 Å². The Kier molecular flexibility index (Phi) is 4.16. The predicted molar refractivity (Wildman–Crippen MR) is 73.5 cm³/mol. The molecule has 2 rings (SSSR count). The largest absolute Gasteiger partial charge is 0.363 e. The lowest BCUT2D eigenvalue weighted by Gasteiger charge is -2.08. The van der Waals surface area contributed by atoms with Gasteiger partial charge in [0.25, 0.3) is 0 Å². The highest BCUT2D eigenvalue weighted by molar-refractivity contribution is 7.07. The van der Waals surface area contributed by atoms with Crippen molar-refractivity contribution in [1.29, 1.82) is 0 Å². The topological polar surface area (TPSA) is 82.7 Å². The molecule has 3 N–H and O–H groups in total. The van der Waals surface area contributed by atoms with E-state index in [1.165, 1.54) is 6.20 Å². The summed E-state index contributed by atoms with van der Waals surface area (Å²) in [7, 11) is 0. The lowest BCUT2D eigenvalue weighted by atomic mass is 10.4. The smallest absolute Gasteiger partial charge is 0.304 e. The number of H-pyrrole nitrogens is 1. The summed E-state index contributed by atoms with van der Waals surface area (Å²) in [5.41, 5.74) is 0.796. The van der Waals surface area contributed by atoms with E-state index in [0.717, 1.165) is 23.6 Å². The third-order valence-electron chi connectivity index (χ3n) is 2.10. The summed E-state index contributed by atoms with van der Waals surface area (Å²) >= 11 is 7.11. The molecular formula is C10H12ClN5OS. The summed E-state index contributed by atoms with van der Waals surface area (Å²) in [6.07, 6.45) is 1.53. The average Bonchev–Trinajstić information content (AvgIpc) is 2.76. The number of halogens is 1. The Morgan fingerprint density at radius 1 is 1.50 bits per heavy atom. The van der Waals surface area contributed by atoms with Crippen molar-refractivity contribution in [1.82, 2.24) is 15.0 Å². The Balaban J connectivity index is 2.08. The molecule has 96 valence electrons. The summed E-state index contributed by atoms with van der Waals surface area (Å²) in [5.74, 6) is 1.05. The second kappa shape index (κ2) is 5.83. The number of anilines is 2. The predicted octanol–water partition coefficient (Wildman–Crippen LogP) is 1.92. The molecule has 2 aromatic heterocycles. The number of thiazole rings is 1. The fourth-order valence-electron chi connectivity index (χ4n) is 1.31. The molecule has 2 aromatic rings. The molecule has 0 aliphatic rings. The Morgan fingerprint density at radius 2 is 2.33 bits per heavy atom. The molecule has 0 fully saturated rings. The minimum atomic E-state index is -0.0751. The van der Waals surface area contributed by atoms with Crippen LogP contribution in [0.4, 0.5) is 11.8 Å². The van der Waals surface area contributed by atoms with Gasteiger partial charge in [-0.15, -0.1) is 0 Å². The zero-order chi connectivity index (χ0) is 13.0. The highest BCUT2D eigenvalue weighted by Crippen LogP contribution is 2.19. The van der Waals surface area contributed by atoms with E-state index < -0.39 is 0 Å². The Bertz CT molecular complexity index is 582. The zero-order valence-corrected chi connectivity index (χ0v) is 11.2. The van der Waals surface area contributed by atoms with Crippen molar-refractivity contribution in [2.24, 2.45) is 0 Å². The minimum Gasteiger partial charge on any atom is -0.363 e. The molecule has 0 unspecified atom stereocenters. The number of aromatic nitrogens is 3. The highest BCUT2D eigenvalue weighted by Gasteiger charge is 2.05. The van der Waals surface area contributed by atoms with Crippen LogP contribution in [0.25, 0.3) is 0 Å². The normalized spacial score (nSPS) is 10.3. The summed E-state index contributed by atoms with van der Waals surface area (Å²) in [4.78, 5) is 21.9. The van der Waals surface area contributed by atoms with Crippen molar-refractivity contribution >= 4 is 34.7 Å². The first-order valence-electron chi connectivity index (χ1n) is 5.36. The van der Waals surface area contributed by atoms with E-state index in [-0.39, 0.29) is 4.87 Å². The molecule has 0 saturated carbocycles. The average molecular weight is 286 g/mol. The molecule has 18 heavy (non-hydrogen) atoms. The maximum absolute atomic E-state index is 11.0. The maximum Gasteiger partial charge on any atom is 0.304 e. The molecule has 0 aliphatic carbocycles. The van der Waals surface area contributed by atoms with E-state index in [1.54, 1.807) is 5.38 Å². The fraction of sp³-hybridized carbons (Fsp3) is 0.300. The number of hydrogen-bond donors (Lipinski definition) is 3. The number of rotatable bonds is 5. The third-order valence-corrected chi connectivity index (χ3v) is 3.09. The molecule has 0 radical (unpaired) electrons. The first-order chi connectivity index (χ1) is 8.69. The van der Waals surface area contributed by atoms with Gasteiger partial charge in [-0.25, -0.2) is 4.98 Å². The van der Waals surface area contributed by atoms with Gasteiger partial charge in [-0.1, -0.05) is 22.9 Å². The lowest BCUT2D eigenvalue weighted by molar-refractivity contribution is 1.02. The van der Waals surface area contributed by atoms with Crippen LogP contribution in [-0.4, -0.2) is 21.5 Å². The van der Waals surface area contributed by atoms with Gasteiger partial charge in [0, 0.05) is 17.6 Å². The van der Waals surface area contributed by atoms with Crippen LogP contribution in [0.2, 0.25) is 5.02 Å². The van der Waals surface area contributed by atoms with Crippen molar-refractivity contribution in [3.8, 4) is 0 Å². The standard InChI is InChI=1S/C10H12ClN5OS/c1-2-12-9-14-4-7(11)8(16-9)13-3-6-5-18-10(17)15-6/h4-5H,2-3H2,1H3,(H,15,17)(H2,12,13,14,16). The molecular weight excluding hydrogens is 274 g/mol. The van der Waals surface area contributed by atoms with Crippen LogP contribution in [-0.2, 0) is 6.54 Å². The molecule has 0 saturated heterocycles. The SMILES string of the molecule is CCNc1ncc(Cl)c(NCc2csc(=O)[nH]2)n1. The van der Waals surface area contributed by atoms with E-state index in [0.29, 0.717) is 23.3 Å². The number of hydrogen-bond acceptors (Lipinski definition) is 6. The van der Waals surface area contributed by atoms with Gasteiger partial charge in [0.1, 0.15) is 5.02 Å². The second-order valence-corrected chi connectivity index (χ2v) is 4.70. The van der Waals surface area contributed by atoms with E-state index in [1.807, 2.05) is 6.92 Å². The summed E-state index contributed by atoms with van der Waals surface area (Å²) in [6.45, 7) is 3.15. The monoisotopic (exact) mass is 285 g/mol. The van der Waals surface area contributed by atoms with Gasteiger partial charge in [-0.3, -0.25) is 4.79 Å². The number of nitrogens with one attached hydrogen (secondary N) is 3. The lowest BCUT2D eigenvalue weighted by Crippen LogP contribution is -2.08. The molecule has 0 aromatic carbocycles. The minimum absolute atomic E-state index is 0.0751. The summed E-state index contributed by atoms with van der Waals surface area (Å²) in [6, 6.07) is 0. The summed E-state index contributed by atoms with van der Waals surface area (Å²) < 4.78 is 0. The van der Waals surface area contributed by atoms with Crippen molar-refractivity contribution in [3.63, 3.8) is 0 Å². The molecule has 0 aliphatic heterocycles. The van der Waals surface area contributed by atoms with Crippen LogP contribution in [0.1, 0.15) is 12.6 Å². The van der Waals surface area contributed by atoms with Crippen LogP contribution in [0, 0.1) is 0 Å². The van der Waals surface area contributed by atoms with E-state index in [2.05, 4.69) is 25.6 Å². The Hall–Kier alpha value is -1.60. The van der Waals surface area contributed by atoms with Gasteiger partial charge >= 0.3 is 4.87 Å². The van der Waals surface area contributed by atoms with Gasteiger partial charge in [0.05, 0.1) is 12.7 Å². The van der Waals surface area contributed by atoms with Crippen molar-refractivity contribution < 1.29 is 0 Å². The van der Waals surface area contributed by atoms with Crippen LogP contribution < -0.4 is 15.5 Å². The van der Waals surface area contributed by atoms with Crippen molar-refractivity contribution in [2.75, 3.05) is 17.2 Å². The molecule has 0 spiro atoms. The van der Waals surface area contributed by atoms with Crippen LogP contribution >= 0.6 is 22.9 Å². The quantitative estimate of drug-likeness (QED) is 0.782. The fourth-order valence-corrected chi connectivity index (χ4v) is 2.05. The molecule has 6 nitrogen and oxygen atoms in total. The first-order valence-corrected chi connectivity index (χ1v) is 6.61. The number of nitrogens with zero attached hydrogens (tertiary/aromatic N) is 2. The number of aromatic amines is 1. The van der Waals surface area contributed by atoms with Gasteiger partial charge < -0.3 is 15.6 Å². The van der Waals surface area contributed by atoms with E-state index >= 15 is 0 Å². The van der Waals surface area contributed by atoms with Gasteiger partial charge in [-0.05, 0) is 6.92 Å². The van der Waals surface area contributed by atoms with Crippen molar-refractivity contribution in [2.45, 2.75) is 13.5 Å². The van der Waals surface area contributed by atoms with Crippen LogP contribution in [0.15, 0.2) is 16.4 Å². The van der Waals surface area contributed by atoms with Gasteiger partial charge in [0.2, 0.25) is 5.95 Å². The maximum atomic E-state index is 11.0. The Morgan fingerprint density at radius 3 is 3.00 bits per heavy atom. The highest BCUT2D eigenvalue weighted by atomic mass is 35.5.